The third-order valence-electron chi connectivity index (χ3n) is 5.09. The highest BCUT2D eigenvalue weighted by Gasteiger charge is 2.40. The highest BCUT2D eigenvalue weighted by molar-refractivity contribution is 7.17. The van der Waals surface area contributed by atoms with Gasteiger partial charge < -0.3 is 21.1 Å². The fourth-order valence-electron chi connectivity index (χ4n) is 3.35. The largest absolute Gasteiger partial charge is 0.480 e. The molecule has 0 unspecified atom stereocenters. The molecule has 0 aliphatic carbocycles. The van der Waals surface area contributed by atoms with Crippen molar-refractivity contribution in [3.8, 4) is 0 Å². The first-order valence-electron chi connectivity index (χ1n) is 10.7. The minimum atomic E-state index is -5.07. The van der Waals surface area contributed by atoms with Crippen molar-refractivity contribution in [2.75, 3.05) is 11.9 Å². The molecule has 4 rings (SSSR count). The number of H-pyrrole nitrogens is 1. The van der Waals surface area contributed by atoms with Crippen molar-refractivity contribution in [3.05, 3.63) is 62.9 Å². The number of carboxylic acid groups (broad SMARTS) is 1. The van der Waals surface area contributed by atoms with E-state index in [4.69, 9.17) is 0 Å². The molecule has 1 aromatic carbocycles. The number of halogens is 3. The summed E-state index contributed by atoms with van der Waals surface area (Å²) in [6, 6.07) is 6.44. The Kier molecular flexibility index (Phi) is 7.72. The molecule has 1 atom stereocenters. The van der Waals surface area contributed by atoms with Crippen LogP contribution >= 0.6 is 22.7 Å². The van der Waals surface area contributed by atoms with Crippen molar-refractivity contribution in [1.82, 2.24) is 25.8 Å². The number of aromatic amines is 1. The maximum atomic E-state index is 13.6. The molecule has 0 fully saturated rings. The van der Waals surface area contributed by atoms with E-state index in [9.17, 15) is 37.5 Å². The van der Waals surface area contributed by atoms with Crippen LogP contribution in [0.3, 0.4) is 0 Å². The molecule has 0 spiro atoms. The summed E-state index contributed by atoms with van der Waals surface area (Å²) < 4.78 is 40.9. The third kappa shape index (κ3) is 6.15. The molecule has 0 saturated carbocycles. The molecule has 0 radical (unpaired) electrons. The monoisotopic (exact) mass is 566 g/mol. The number of carbonyl (C=O) groups is 4. The fourth-order valence-corrected chi connectivity index (χ4v) is 4.90. The summed E-state index contributed by atoms with van der Waals surface area (Å²) in [5.74, 6) is -4.25. The molecule has 3 amide bonds. The normalized spacial score (nSPS) is 12.2. The van der Waals surface area contributed by atoms with E-state index < -0.39 is 58.2 Å². The van der Waals surface area contributed by atoms with Crippen LogP contribution in [-0.2, 0) is 22.2 Å². The first-order chi connectivity index (χ1) is 18.0. The Morgan fingerprint density at radius 2 is 1.89 bits per heavy atom. The Labute approximate surface area is 219 Å². The minimum absolute atomic E-state index is 0.204. The number of nitrogens with one attached hydrogen (secondary N) is 4. The van der Waals surface area contributed by atoms with E-state index in [1.807, 2.05) is 5.32 Å². The van der Waals surface area contributed by atoms with Gasteiger partial charge in [0.1, 0.15) is 10.9 Å². The van der Waals surface area contributed by atoms with E-state index in [-0.39, 0.29) is 22.6 Å². The number of carbonyl (C=O) groups excluding carboxylic acids is 3. The van der Waals surface area contributed by atoms with Crippen LogP contribution in [0.25, 0.3) is 10.9 Å². The summed E-state index contributed by atoms with van der Waals surface area (Å²) >= 11 is 1.34. The van der Waals surface area contributed by atoms with Crippen molar-refractivity contribution < 1.29 is 37.5 Å². The van der Waals surface area contributed by atoms with Gasteiger partial charge in [-0.25, -0.2) is 9.78 Å². The number of thiazole rings is 1. The Morgan fingerprint density at radius 1 is 1.11 bits per heavy atom. The molecule has 0 aliphatic rings. The highest BCUT2D eigenvalue weighted by atomic mass is 32.1. The van der Waals surface area contributed by atoms with Gasteiger partial charge in [-0.3, -0.25) is 19.5 Å². The molecular weight excluding hydrogens is 549 g/mol. The predicted octanol–water partition coefficient (Wildman–Crippen LogP) is 2.89. The van der Waals surface area contributed by atoms with Crippen LogP contribution in [0.2, 0.25) is 0 Å². The molecule has 3 heterocycles. The second-order valence-electron chi connectivity index (χ2n) is 7.72. The number of fused-ring (bicyclic) bond motifs is 1. The van der Waals surface area contributed by atoms with Crippen LogP contribution in [-0.4, -0.2) is 56.6 Å². The summed E-state index contributed by atoms with van der Waals surface area (Å²) in [6.45, 7) is -0.582. The molecule has 16 heteroatoms. The van der Waals surface area contributed by atoms with Crippen molar-refractivity contribution in [1.29, 1.82) is 0 Å². The van der Waals surface area contributed by atoms with Crippen molar-refractivity contribution in [3.63, 3.8) is 0 Å². The molecule has 38 heavy (non-hydrogen) atoms. The van der Waals surface area contributed by atoms with Gasteiger partial charge in [-0.05, 0) is 23.1 Å². The maximum absolute atomic E-state index is 13.6. The van der Waals surface area contributed by atoms with E-state index in [2.05, 4.69) is 25.8 Å². The maximum Gasteiger partial charge on any atom is 0.435 e. The molecule has 0 saturated heterocycles. The second-order valence-corrected chi connectivity index (χ2v) is 9.67. The molecule has 11 nitrogen and oxygen atoms in total. The lowest BCUT2D eigenvalue weighted by Crippen LogP contribution is -2.48. The number of anilines is 1. The van der Waals surface area contributed by atoms with Crippen LogP contribution in [0.1, 0.15) is 30.6 Å². The van der Waals surface area contributed by atoms with Gasteiger partial charge in [0.25, 0.3) is 11.8 Å². The van der Waals surface area contributed by atoms with Crippen LogP contribution in [0.15, 0.2) is 41.9 Å². The average molecular weight is 567 g/mol. The number of aliphatic carboxylic acids is 1. The standard InChI is InChI=1S/C22H17F3N6O5S2/c23-22(24,25)17-16(19(34)28-13(20(35)36)9-26-18(33)14-5-2-6-37-14)38-21(30-17)29-15(32)7-10-3-1-4-12-11(10)8-27-31-12/h1-6,8,13H,7,9H2,(H,26,33)(H,27,31)(H,28,34)(H,35,36)(H,29,30,32)/t13-/m0/s1. The summed E-state index contributed by atoms with van der Waals surface area (Å²) in [5, 5.41) is 24.4. The lowest BCUT2D eigenvalue weighted by atomic mass is 10.1. The van der Waals surface area contributed by atoms with Crippen LogP contribution in [0.5, 0.6) is 0 Å². The summed E-state index contributed by atoms with van der Waals surface area (Å²) in [5.41, 5.74) is -0.352. The molecule has 0 aliphatic heterocycles. The number of benzene rings is 1. The zero-order valence-corrected chi connectivity index (χ0v) is 20.6. The van der Waals surface area contributed by atoms with E-state index in [0.29, 0.717) is 16.5 Å². The van der Waals surface area contributed by atoms with Crippen molar-refractivity contribution in [2.45, 2.75) is 18.6 Å². The lowest BCUT2D eigenvalue weighted by Gasteiger charge is -2.15. The smallest absolute Gasteiger partial charge is 0.435 e. The number of amides is 3. The van der Waals surface area contributed by atoms with Gasteiger partial charge in [-0.2, -0.15) is 18.3 Å². The Hall–Kier alpha value is -4.31. The van der Waals surface area contributed by atoms with Gasteiger partial charge in [0.05, 0.1) is 23.0 Å². The molecule has 4 aromatic rings. The fraction of sp³-hybridized carbons (Fsp3) is 0.182. The first-order valence-corrected chi connectivity index (χ1v) is 12.4. The van der Waals surface area contributed by atoms with Crippen LogP contribution < -0.4 is 16.0 Å². The molecule has 5 N–H and O–H groups in total. The lowest BCUT2D eigenvalue weighted by molar-refractivity contribution is -0.141. The number of aromatic nitrogens is 3. The zero-order valence-electron chi connectivity index (χ0n) is 19.0. The van der Waals surface area contributed by atoms with Crippen LogP contribution in [0.4, 0.5) is 18.3 Å². The molecule has 3 aromatic heterocycles. The minimum Gasteiger partial charge on any atom is -0.480 e. The Balaban J connectivity index is 1.48. The number of carboxylic acids is 1. The number of alkyl halides is 3. The van der Waals surface area contributed by atoms with E-state index >= 15 is 0 Å². The average Bonchev–Trinajstić information content (AvgIpc) is 3.61. The van der Waals surface area contributed by atoms with Gasteiger partial charge in [-0.15, -0.1) is 11.3 Å². The number of rotatable bonds is 9. The summed E-state index contributed by atoms with van der Waals surface area (Å²) in [6.07, 6.45) is -3.77. The van der Waals surface area contributed by atoms with Crippen LogP contribution in [0, 0.1) is 0 Å². The number of thiophene rings is 1. The molecular formula is C22H17F3N6O5S2. The summed E-state index contributed by atoms with van der Waals surface area (Å²) in [7, 11) is 0. The van der Waals surface area contributed by atoms with E-state index in [0.717, 1.165) is 11.3 Å². The van der Waals surface area contributed by atoms with Gasteiger partial charge in [0, 0.05) is 11.9 Å². The Morgan fingerprint density at radius 3 is 2.58 bits per heavy atom. The first kappa shape index (κ1) is 26.7. The SMILES string of the molecule is O=C(Cc1cccc2[nH]ncc12)Nc1nc(C(F)(F)F)c(C(=O)N[C@@H](CNC(=O)c2cccs2)C(=O)O)s1. The molecule has 198 valence electrons. The number of hydrogen-bond acceptors (Lipinski definition) is 8. The Bertz CT molecular complexity index is 1500. The van der Waals surface area contributed by atoms with Gasteiger partial charge in [-0.1, -0.05) is 29.5 Å². The van der Waals surface area contributed by atoms with Crippen molar-refractivity contribution >= 4 is 62.4 Å². The predicted molar refractivity (Wildman–Crippen MR) is 131 cm³/mol. The molecule has 0 bridgehead atoms. The zero-order chi connectivity index (χ0) is 27.4. The topological polar surface area (TPSA) is 166 Å². The number of hydrogen-bond donors (Lipinski definition) is 5. The number of nitrogens with zero attached hydrogens (tertiary/aromatic N) is 2. The van der Waals surface area contributed by atoms with E-state index in [1.165, 1.54) is 12.3 Å². The van der Waals surface area contributed by atoms with Gasteiger partial charge in [0.2, 0.25) is 5.91 Å². The summed E-state index contributed by atoms with van der Waals surface area (Å²) in [4.78, 5) is 51.5. The quantitative estimate of drug-likeness (QED) is 0.208. The van der Waals surface area contributed by atoms with Gasteiger partial charge in [0.15, 0.2) is 10.8 Å². The van der Waals surface area contributed by atoms with Gasteiger partial charge >= 0.3 is 12.1 Å². The highest BCUT2D eigenvalue weighted by Crippen LogP contribution is 2.36. The second kappa shape index (κ2) is 11.0. The van der Waals surface area contributed by atoms with Crippen molar-refractivity contribution in [2.24, 2.45) is 0 Å². The van der Waals surface area contributed by atoms with E-state index in [1.54, 1.807) is 29.6 Å². The third-order valence-corrected chi connectivity index (χ3v) is 6.93.